The van der Waals surface area contributed by atoms with Crippen molar-refractivity contribution < 1.29 is 4.74 Å². The van der Waals surface area contributed by atoms with E-state index in [0.717, 1.165) is 0 Å². The summed E-state index contributed by atoms with van der Waals surface area (Å²) in [6.45, 7) is 0. The van der Waals surface area contributed by atoms with Gasteiger partial charge in [-0.2, -0.15) is 0 Å². The third kappa shape index (κ3) is 1.39. The van der Waals surface area contributed by atoms with Crippen LogP contribution >= 0.6 is 0 Å². The zero-order valence-corrected chi connectivity index (χ0v) is 5.24. The highest BCUT2D eigenvalue weighted by atomic mass is 16.5. The number of nitriles is 1. The molecule has 50 valence electrons. The number of rotatable bonds is 1. The fourth-order valence-electron chi connectivity index (χ4n) is 0.631. The number of anilines is 1. The minimum Gasteiger partial charge on any atom is -0.399 e. The number of nitrogen functional groups attached to an aromatic ring is 1. The molecule has 10 heavy (non-hydrogen) atoms. The largest absolute Gasteiger partial charge is 0.399 e. The molecular formula is C7H6N2O. The molecule has 0 unspecified atom stereocenters. The van der Waals surface area contributed by atoms with Crippen LogP contribution in [0.3, 0.4) is 0 Å². The lowest BCUT2D eigenvalue weighted by atomic mass is 10.3. The Morgan fingerprint density at radius 3 is 2.90 bits per heavy atom. The van der Waals surface area contributed by atoms with E-state index in [1.165, 1.54) is 0 Å². The van der Waals surface area contributed by atoms with Gasteiger partial charge in [-0.1, -0.05) is 6.07 Å². The minimum absolute atomic E-state index is 0.475. The molecule has 3 heteroatoms. The number of ether oxygens (including phenoxy) is 1. The Morgan fingerprint density at radius 2 is 2.30 bits per heavy atom. The summed E-state index contributed by atoms with van der Waals surface area (Å²) in [5.74, 6) is 0.475. The molecular weight excluding hydrogens is 128 g/mol. The predicted molar refractivity (Wildman–Crippen MR) is 37.1 cm³/mol. The van der Waals surface area contributed by atoms with Gasteiger partial charge in [0, 0.05) is 11.8 Å². The van der Waals surface area contributed by atoms with Crippen LogP contribution in [0.1, 0.15) is 0 Å². The monoisotopic (exact) mass is 134 g/mol. The minimum atomic E-state index is 0.475. The molecule has 0 aliphatic rings. The average molecular weight is 134 g/mol. The molecule has 0 bridgehead atoms. The molecule has 1 aromatic rings. The first kappa shape index (κ1) is 6.43. The summed E-state index contributed by atoms with van der Waals surface area (Å²) in [6, 6.07) is 6.70. The summed E-state index contributed by atoms with van der Waals surface area (Å²) in [7, 11) is 0. The summed E-state index contributed by atoms with van der Waals surface area (Å²) < 4.78 is 4.51. The van der Waals surface area contributed by atoms with Crippen LogP contribution in [-0.2, 0) is 0 Å². The van der Waals surface area contributed by atoms with Gasteiger partial charge in [0.1, 0.15) is 5.75 Å². The van der Waals surface area contributed by atoms with Crippen molar-refractivity contribution in [2.24, 2.45) is 0 Å². The van der Waals surface area contributed by atoms with Crippen LogP contribution in [0.25, 0.3) is 0 Å². The summed E-state index contributed by atoms with van der Waals surface area (Å²) in [5, 5.41) is 8.10. The lowest BCUT2D eigenvalue weighted by Crippen LogP contribution is -1.85. The van der Waals surface area contributed by atoms with Crippen molar-refractivity contribution in [3.63, 3.8) is 0 Å². The Hall–Kier alpha value is -1.69. The maximum absolute atomic E-state index is 8.10. The smallest absolute Gasteiger partial charge is 0.292 e. The zero-order valence-electron chi connectivity index (χ0n) is 5.24. The summed E-state index contributed by atoms with van der Waals surface area (Å²) in [6.07, 6.45) is 1.56. The van der Waals surface area contributed by atoms with Gasteiger partial charge in [-0.3, -0.25) is 0 Å². The first-order valence-electron chi connectivity index (χ1n) is 2.74. The van der Waals surface area contributed by atoms with E-state index in [-0.39, 0.29) is 0 Å². The van der Waals surface area contributed by atoms with Crippen molar-refractivity contribution in [3.8, 4) is 12.0 Å². The molecule has 0 heterocycles. The first-order chi connectivity index (χ1) is 4.83. The number of hydrogen-bond acceptors (Lipinski definition) is 3. The van der Waals surface area contributed by atoms with Crippen molar-refractivity contribution in [1.82, 2.24) is 0 Å². The highest BCUT2D eigenvalue weighted by Gasteiger charge is 1.90. The van der Waals surface area contributed by atoms with Gasteiger partial charge in [0.05, 0.1) is 0 Å². The van der Waals surface area contributed by atoms with E-state index in [9.17, 15) is 0 Å². The first-order valence-corrected chi connectivity index (χ1v) is 2.74. The van der Waals surface area contributed by atoms with E-state index >= 15 is 0 Å². The van der Waals surface area contributed by atoms with Gasteiger partial charge < -0.3 is 10.5 Å². The van der Waals surface area contributed by atoms with Crippen LogP contribution < -0.4 is 10.5 Å². The van der Waals surface area contributed by atoms with Gasteiger partial charge in [0.25, 0.3) is 6.26 Å². The predicted octanol–water partition coefficient (Wildman–Crippen LogP) is 1.13. The molecule has 0 saturated carbocycles. The van der Waals surface area contributed by atoms with E-state index < -0.39 is 0 Å². The Bertz CT molecular complexity index is 265. The van der Waals surface area contributed by atoms with Gasteiger partial charge in [-0.05, 0) is 12.1 Å². The second kappa shape index (κ2) is 2.74. The van der Waals surface area contributed by atoms with E-state index in [1.54, 1.807) is 30.5 Å². The number of nitrogens with zero attached hydrogens (tertiary/aromatic N) is 1. The van der Waals surface area contributed by atoms with Gasteiger partial charge in [0.2, 0.25) is 0 Å². The second-order valence-electron chi connectivity index (χ2n) is 1.77. The molecule has 0 saturated heterocycles. The van der Waals surface area contributed by atoms with Crippen LogP contribution in [0.5, 0.6) is 5.75 Å². The molecule has 0 aliphatic heterocycles. The fraction of sp³-hybridized carbons (Fsp3) is 0. The van der Waals surface area contributed by atoms with Gasteiger partial charge >= 0.3 is 0 Å². The number of nitrogens with two attached hydrogens (primary N) is 1. The highest BCUT2D eigenvalue weighted by molar-refractivity contribution is 5.43. The van der Waals surface area contributed by atoms with E-state index in [1.807, 2.05) is 0 Å². The van der Waals surface area contributed by atoms with E-state index in [2.05, 4.69) is 4.74 Å². The number of hydrogen-bond donors (Lipinski definition) is 1. The van der Waals surface area contributed by atoms with E-state index in [0.29, 0.717) is 11.4 Å². The Morgan fingerprint density at radius 1 is 1.50 bits per heavy atom. The van der Waals surface area contributed by atoms with Crippen LogP contribution in [-0.4, -0.2) is 0 Å². The lowest BCUT2D eigenvalue weighted by Gasteiger charge is -1.94. The second-order valence-corrected chi connectivity index (χ2v) is 1.77. The quantitative estimate of drug-likeness (QED) is 0.462. The molecule has 3 nitrogen and oxygen atoms in total. The van der Waals surface area contributed by atoms with Crippen molar-refractivity contribution >= 4 is 5.69 Å². The lowest BCUT2D eigenvalue weighted by molar-refractivity contribution is 0.507. The van der Waals surface area contributed by atoms with Crippen molar-refractivity contribution in [2.45, 2.75) is 0 Å². The molecule has 0 aromatic heterocycles. The summed E-state index contributed by atoms with van der Waals surface area (Å²) >= 11 is 0. The normalized spacial score (nSPS) is 8.30. The summed E-state index contributed by atoms with van der Waals surface area (Å²) in [4.78, 5) is 0. The topological polar surface area (TPSA) is 59.0 Å². The maximum Gasteiger partial charge on any atom is 0.292 e. The van der Waals surface area contributed by atoms with Crippen LogP contribution in [0, 0.1) is 11.5 Å². The number of benzene rings is 1. The van der Waals surface area contributed by atoms with E-state index in [4.69, 9.17) is 11.0 Å². The van der Waals surface area contributed by atoms with Crippen molar-refractivity contribution in [3.05, 3.63) is 24.3 Å². The fourth-order valence-corrected chi connectivity index (χ4v) is 0.631. The highest BCUT2D eigenvalue weighted by Crippen LogP contribution is 2.13. The Labute approximate surface area is 58.6 Å². The van der Waals surface area contributed by atoms with Crippen LogP contribution in [0.15, 0.2) is 24.3 Å². The standard InChI is InChI=1S/C7H6N2O/c8-5-10-7-3-1-2-6(9)4-7/h1-4H,9H2. The molecule has 0 atom stereocenters. The third-order valence-electron chi connectivity index (χ3n) is 1.02. The third-order valence-corrected chi connectivity index (χ3v) is 1.02. The average Bonchev–Trinajstić information content (AvgIpc) is 1.88. The van der Waals surface area contributed by atoms with Gasteiger partial charge in [-0.15, -0.1) is 5.26 Å². The molecule has 1 rings (SSSR count). The van der Waals surface area contributed by atoms with Gasteiger partial charge in [-0.25, -0.2) is 0 Å². The maximum atomic E-state index is 8.10. The Balaban J connectivity index is 2.87. The van der Waals surface area contributed by atoms with Crippen molar-refractivity contribution in [2.75, 3.05) is 5.73 Å². The SMILES string of the molecule is N#COc1cccc(N)c1. The zero-order chi connectivity index (χ0) is 7.40. The molecule has 0 spiro atoms. The molecule has 0 fully saturated rings. The van der Waals surface area contributed by atoms with Crippen molar-refractivity contribution in [1.29, 1.82) is 5.26 Å². The molecule has 1 aromatic carbocycles. The van der Waals surface area contributed by atoms with Crippen LogP contribution in [0.2, 0.25) is 0 Å². The molecule has 0 aliphatic carbocycles. The molecule has 2 N–H and O–H groups in total. The molecule has 0 radical (unpaired) electrons. The molecule has 0 amide bonds. The Kier molecular flexibility index (Phi) is 1.76. The van der Waals surface area contributed by atoms with Crippen LogP contribution in [0.4, 0.5) is 5.69 Å². The van der Waals surface area contributed by atoms with Gasteiger partial charge in [0.15, 0.2) is 0 Å². The summed E-state index contributed by atoms with van der Waals surface area (Å²) in [5.41, 5.74) is 5.99.